The Balaban J connectivity index is 2.35. The molecule has 1 aromatic carbocycles. The number of halogens is 2. The van der Waals surface area contributed by atoms with Crippen molar-refractivity contribution in [3.05, 3.63) is 45.5 Å². The van der Waals surface area contributed by atoms with Crippen molar-refractivity contribution < 1.29 is 8.42 Å². The largest absolute Gasteiger partial charge is 0.308 e. The van der Waals surface area contributed by atoms with E-state index in [9.17, 15) is 8.42 Å². The van der Waals surface area contributed by atoms with Crippen molar-refractivity contribution in [2.24, 2.45) is 5.84 Å². The first kappa shape index (κ1) is 15.2. The normalized spacial score (nSPS) is 11.2. The highest BCUT2D eigenvalue weighted by Crippen LogP contribution is 2.28. The monoisotopic (exact) mass is 420 g/mol. The molecule has 0 radical (unpaired) electrons. The van der Waals surface area contributed by atoms with Gasteiger partial charge >= 0.3 is 0 Å². The van der Waals surface area contributed by atoms with Crippen LogP contribution in [0.5, 0.6) is 0 Å². The Morgan fingerprint density at radius 3 is 2.55 bits per heavy atom. The van der Waals surface area contributed by atoms with Crippen molar-refractivity contribution in [1.82, 2.24) is 4.98 Å². The topological polar surface area (TPSA) is 97.1 Å². The summed E-state index contributed by atoms with van der Waals surface area (Å²) in [6, 6.07) is 7.86. The van der Waals surface area contributed by atoms with Gasteiger partial charge in [0.2, 0.25) is 0 Å². The van der Waals surface area contributed by atoms with Crippen molar-refractivity contribution in [1.29, 1.82) is 0 Å². The number of nitrogens with one attached hydrogen (secondary N) is 2. The van der Waals surface area contributed by atoms with Crippen molar-refractivity contribution in [2.45, 2.75) is 4.90 Å². The van der Waals surface area contributed by atoms with Crippen LogP contribution >= 0.6 is 31.9 Å². The van der Waals surface area contributed by atoms with Crippen LogP contribution in [0.15, 0.2) is 50.4 Å². The average molecular weight is 422 g/mol. The highest BCUT2D eigenvalue weighted by atomic mass is 79.9. The van der Waals surface area contributed by atoms with E-state index < -0.39 is 10.0 Å². The molecule has 4 N–H and O–H groups in total. The molecule has 1 aromatic heterocycles. The molecule has 0 saturated carbocycles. The molecule has 2 rings (SSSR count). The van der Waals surface area contributed by atoms with Gasteiger partial charge in [0.05, 0.1) is 10.6 Å². The van der Waals surface area contributed by atoms with E-state index in [0.29, 0.717) is 10.2 Å². The zero-order valence-electron chi connectivity index (χ0n) is 9.97. The standard InChI is InChI=1S/C11H10Br2N4O2S/c12-7-1-2-10(9(13)5-7)17-20(18,19)8-3-4-15-11(6-8)16-14/h1-6,17H,14H2,(H,15,16). The lowest BCUT2D eigenvalue weighted by Gasteiger charge is -2.10. The number of nitrogens with two attached hydrogens (primary N) is 1. The molecule has 0 bridgehead atoms. The Bertz CT molecular complexity index is 737. The number of nitrogen functional groups attached to an aromatic ring is 1. The van der Waals surface area contributed by atoms with Crippen molar-refractivity contribution in [2.75, 3.05) is 10.1 Å². The van der Waals surface area contributed by atoms with Crippen LogP contribution in [0.4, 0.5) is 11.5 Å². The van der Waals surface area contributed by atoms with Gasteiger partial charge in [-0.15, -0.1) is 0 Å². The van der Waals surface area contributed by atoms with Gasteiger partial charge in [0, 0.05) is 21.2 Å². The number of rotatable bonds is 4. The van der Waals surface area contributed by atoms with Gasteiger partial charge in [0.15, 0.2) is 0 Å². The third-order valence-corrected chi connectivity index (χ3v) is 4.88. The second kappa shape index (κ2) is 6.08. The summed E-state index contributed by atoms with van der Waals surface area (Å²) in [6.07, 6.45) is 1.36. The summed E-state index contributed by atoms with van der Waals surface area (Å²) in [4.78, 5) is 3.93. The molecule has 0 aliphatic rings. The minimum atomic E-state index is -3.71. The van der Waals surface area contributed by atoms with Crippen LogP contribution in [-0.2, 0) is 10.0 Å². The van der Waals surface area contributed by atoms with E-state index in [4.69, 9.17) is 5.84 Å². The zero-order chi connectivity index (χ0) is 14.8. The molecule has 2 aromatic rings. The maximum atomic E-state index is 12.3. The maximum Gasteiger partial charge on any atom is 0.262 e. The molecular weight excluding hydrogens is 412 g/mol. The quantitative estimate of drug-likeness (QED) is 0.520. The predicted molar refractivity (Wildman–Crippen MR) is 84.7 cm³/mol. The minimum absolute atomic E-state index is 0.0651. The van der Waals surface area contributed by atoms with Gasteiger partial charge in [-0.05, 0) is 40.2 Å². The van der Waals surface area contributed by atoms with E-state index in [0.717, 1.165) is 4.47 Å². The first-order valence-corrected chi connectivity index (χ1v) is 8.40. The number of sulfonamides is 1. The lowest BCUT2D eigenvalue weighted by molar-refractivity contribution is 0.601. The van der Waals surface area contributed by atoms with Crippen LogP contribution in [0.2, 0.25) is 0 Å². The van der Waals surface area contributed by atoms with Crippen LogP contribution in [0.25, 0.3) is 0 Å². The second-order valence-corrected chi connectivity index (χ2v) is 7.20. The number of benzene rings is 1. The van der Waals surface area contributed by atoms with E-state index in [1.165, 1.54) is 18.3 Å². The van der Waals surface area contributed by atoms with Crippen molar-refractivity contribution >= 4 is 53.4 Å². The second-order valence-electron chi connectivity index (χ2n) is 3.75. The van der Waals surface area contributed by atoms with Crippen molar-refractivity contribution in [3.8, 4) is 0 Å². The molecule has 9 heteroatoms. The molecule has 0 amide bonds. The van der Waals surface area contributed by atoms with Gasteiger partial charge in [-0.3, -0.25) is 4.72 Å². The summed E-state index contributed by atoms with van der Waals surface area (Å²) < 4.78 is 28.5. The third-order valence-electron chi connectivity index (χ3n) is 2.37. The van der Waals surface area contributed by atoms with Gasteiger partial charge in [0.1, 0.15) is 5.82 Å². The van der Waals surface area contributed by atoms with Crippen LogP contribution in [0.3, 0.4) is 0 Å². The lowest BCUT2D eigenvalue weighted by atomic mass is 10.3. The number of pyridine rings is 1. The molecule has 0 aliphatic carbocycles. The molecule has 6 nitrogen and oxygen atoms in total. The Hall–Kier alpha value is -1.16. The zero-order valence-corrected chi connectivity index (χ0v) is 14.0. The van der Waals surface area contributed by atoms with E-state index in [2.05, 4.69) is 47.0 Å². The molecule has 0 aliphatic heterocycles. The van der Waals surface area contributed by atoms with Gasteiger partial charge in [-0.1, -0.05) is 15.9 Å². The Kier molecular flexibility index (Phi) is 4.63. The van der Waals surface area contributed by atoms with E-state index in [-0.39, 0.29) is 10.7 Å². The summed E-state index contributed by atoms with van der Waals surface area (Å²) in [5.74, 6) is 5.48. The number of anilines is 2. The molecule has 20 heavy (non-hydrogen) atoms. The Morgan fingerprint density at radius 1 is 1.15 bits per heavy atom. The molecule has 1 heterocycles. The third kappa shape index (κ3) is 3.48. The first-order valence-electron chi connectivity index (χ1n) is 5.33. The number of nitrogens with zero attached hydrogens (tertiary/aromatic N) is 1. The number of aromatic nitrogens is 1. The van der Waals surface area contributed by atoms with Crippen LogP contribution in [0.1, 0.15) is 0 Å². The molecule has 106 valence electrons. The summed E-state index contributed by atoms with van der Waals surface area (Å²) in [5, 5.41) is 0. The van der Waals surface area contributed by atoms with Gasteiger partial charge in [0.25, 0.3) is 10.0 Å². The number of hydrogen-bond acceptors (Lipinski definition) is 5. The van der Waals surface area contributed by atoms with Gasteiger partial charge < -0.3 is 5.43 Å². The Morgan fingerprint density at radius 2 is 1.90 bits per heavy atom. The molecule has 0 saturated heterocycles. The predicted octanol–water partition coefficient (Wildman–Crippen LogP) is 2.69. The van der Waals surface area contributed by atoms with E-state index >= 15 is 0 Å². The van der Waals surface area contributed by atoms with E-state index in [1.54, 1.807) is 18.2 Å². The molecule has 0 atom stereocenters. The summed E-state index contributed by atoms with van der Waals surface area (Å²) in [5.41, 5.74) is 2.74. The summed E-state index contributed by atoms with van der Waals surface area (Å²) >= 11 is 6.60. The Labute approximate surface area is 133 Å². The molecular formula is C11H10Br2N4O2S. The van der Waals surface area contributed by atoms with Crippen molar-refractivity contribution in [3.63, 3.8) is 0 Å². The fourth-order valence-electron chi connectivity index (χ4n) is 1.43. The molecule has 0 unspecified atom stereocenters. The maximum absolute atomic E-state index is 12.3. The van der Waals surface area contributed by atoms with Crippen LogP contribution in [-0.4, -0.2) is 13.4 Å². The number of hydrazine groups is 1. The highest BCUT2D eigenvalue weighted by molar-refractivity contribution is 9.11. The highest BCUT2D eigenvalue weighted by Gasteiger charge is 2.16. The summed E-state index contributed by atoms with van der Waals surface area (Å²) in [6.45, 7) is 0. The first-order chi connectivity index (χ1) is 9.42. The SMILES string of the molecule is NNc1cc(S(=O)(=O)Nc2ccc(Br)cc2Br)ccn1. The van der Waals surface area contributed by atoms with Gasteiger partial charge in [-0.25, -0.2) is 19.2 Å². The lowest BCUT2D eigenvalue weighted by Crippen LogP contribution is -2.15. The number of hydrogen-bond donors (Lipinski definition) is 3. The van der Waals surface area contributed by atoms with Crippen LogP contribution < -0.4 is 16.0 Å². The minimum Gasteiger partial charge on any atom is -0.308 e. The van der Waals surface area contributed by atoms with Crippen LogP contribution in [0, 0.1) is 0 Å². The summed E-state index contributed by atoms with van der Waals surface area (Å²) in [7, 11) is -3.71. The van der Waals surface area contributed by atoms with Gasteiger partial charge in [-0.2, -0.15) is 0 Å². The molecule has 0 spiro atoms. The van der Waals surface area contributed by atoms with E-state index in [1.807, 2.05) is 0 Å². The molecule has 0 fully saturated rings. The fraction of sp³-hybridized carbons (Fsp3) is 0. The smallest absolute Gasteiger partial charge is 0.262 e. The average Bonchev–Trinajstić information content (AvgIpc) is 2.42. The fourth-order valence-corrected chi connectivity index (χ4v) is 3.80.